The number of carbonyl (C=O) groups excluding carboxylic acids is 2. The highest BCUT2D eigenvalue weighted by Gasteiger charge is 2.48. The lowest BCUT2D eigenvalue weighted by Crippen LogP contribution is -2.30. The molecule has 3 heterocycles. The second-order valence-electron chi connectivity index (χ2n) is 9.91. The number of aromatic nitrogens is 2. The zero-order valence-corrected chi connectivity index (χ0v) is 22.1. The van der Waals surface area contributed by atoms with E-state index in [0.29, 0.717) is 41.3 Å². The third kappa shape index (κ3) is 3.98. The first-order valence-corrected chi connectivity index (χ1v) is 12.7. The second kappa shape index (κ2) is 9.20. The SMILES string of the molecule is COc1cccc(C2/C(=C(\O)c3ccc4c(c3)N(C)CCO4)C(=O)C(=O)N2c2nc3cc(C)c(C)cc3[nH]2)c1. The molecule has 2 N–H and O–H groups in total. The molecule has 1 fully saturated rings. The summed E-state index contributed by atoms with van der Waals surface area (Å²) in [6.45, 7) is 5.24. The highest BCUT2D eigenvalue weighted by molar-refractivity contribution is 6.51. The Morgan fingerprint density at radius 2 is 1.90 bits per heavy atom. The second-order valence-corrected chi connectivity index (χ2v) is 9.91. The van der Waals surface area contributed by atoms with Crippen LogP contribution in [0.15, 0.2) is 60.2 Å². The average Bonchev–Trinajstić information content (AvgIpc) is 3.45. The number of rotatable bonds is 4. The molecular weight excluding hydrogens is 496 g/mol. The number of fused-ring (bicyclic) bond motifs is 2. The fourth-order valence-corrected chi connectivity index (χ4v) is 5.20. The van der Waals surface area contributed by atoms with Crippen LogP contribution in [0.1, 0.15) is 28.3 Å². The first-order valence-electron chi connectivity index (χ1n) is 12.7. The van der Waals surface area contributed by atoms with Crippen LogP contribution >= 0.6 is 0 Å². The van der Waals surface area contributed by atoms with Gasteiger partial charge < -0.3 is 24.5 Å². The van der Waals surface area contributed by atoms with Crippen molar-refractivity contribution >= 4 is 40.1 Å². The van der Waals surface area contributed by atoms with Gasteiger partial charge >= 0.3 is 5.91 Å². The standard InChI is InChI=1S/C30H28N4O5/c1-16-12-21-22(13-17(16)2)32-30(31-21)34-26(18-6-5-7-20(14-18)38-4)25(28(36)29(34)37)27(35)19-8-9-24-23(15-19)33(3)10-11-39-24/h5-9,12-15,26,35H,10-11H2,1-4H3,(H,31,32)/b27-25+. The molecule has 0 bridgehead atoms. The average molecular weight is 525 g/mol. The fourth-order valence-electron chi connectivity index (χ4n) is 5.20. The van der Waals surface area contributed by atoms with Crippen molar-refractivity contribution in [2.75, 3.05) is 37.1 Å². The van der Waals surface area contributed by atoms with Crippen LogP contribution in [0.4, 0.5) is 11.6 Å². The van der Waals surface area contributed by atoms with Crippen molar-refractivity contribution < 1.29 is 24.2 Å². The molecule has 1 amide bonds. The van der Waals surface area contributed by atoms with Gasteiger partial charge in [0.25, 0.3) is 5.78 Å². The zero-order chi connectivity index (χ0) is 27.4. The van der Waals surface area contributed by atoms with Gasteiger partial charge in [0.05, 0.1) is 42.0 Å². The van der Waals surface area contributed by atoms with Crippen molar-refractivity contribution in [1.29, 1.82) is 0 Å². The first-order chi connectivity index (χ1) is 18.8. The third-order valence-electron chi connectivity index (χ3n) is 7.49. The number of ketones is 1. The predicted molar refractivity (Wildman–Crippen MR) is 149 cm³/mol. The van der Waals surface area contributed by atoms with Crippen LogP contribution in [-0.4, -0.2) is 54.1 Å². The molecule has 1 aromatic heterocycles. The number of Topliss-reactive ketones (excluding diaryl/α,β-unsaturated/α-hetero) is 1. The highest BCUT2D eigenvalue weighted by Crippen LogP contribution is 2.43. The molecule has 1 unspecified atom stereocenters. The summed E-state index contributed by atoms with van der Waals surface area (Å²) < 4.78 is 11.2. The minimum absolute atomic E-state index is 0.0274. The van der Waals surface area contributed by atoms with Crippen LogP contribution in [-0.2, 0) is 9.59 Å². The van der Waals surface area contributed by atoms with Crippen LogP contribution in [0.25, 0.3) is 16.8 Å². The van der Waals surface area contributed by atoms with Crippen molar-refractivity contribution in [3.63, 3.8) is 0 Å². The van der Waals surface area contributed by atoms with Crippen LogP contribution < -0.4 is 19.3 Å². The van der Waals surface area contributed by atoms with Gasteiger partial charge in [-0.3, -0.25) is 14.5 Å². The summed E-state index contributed by atoms with van der Waals surface area (Å²) in [5.41, 5.74) is 5.34. The number of carbonyl (C=O) groups is 2. The smallest absolute Gasteiger partial charge is 0.302 e. The minimum Gasteiger partial charge on any atom is -0.507 e. The third-order valence-corrected chi connectivity index (χ3v) is 7.49. The Labute approximate surface area is 225 Å². The van der Waals surface area contributed by atoms with Gasteiger partial charge in [0.1, 0.15) is 23.9 Å². The zero-order valence-electron chi connectivity index (χ0n) is 22.1. The summed E-state index contributed by atoms with van der Waals surface area (Å²) in [6, 6.07) is 15.3. The Balaban J connectivity index is 1.55. The lowest BCUT2D eigenvalue weighted by Gasteiger charge is -2.28. The highest BCUT2D eigenvalue weighted by atomic mass is 16.5. The Kier molecular flexibility index (Phi) is 5.79. The van der Waals surface area contributed by atoms with E-state index >= 15 is 0 Å². The summed E-state index contributed by atoms with van der Waals surface area (Å²) in [6.07, 6.45) is 0. The molecular formula is C30H28N4O5. The first kappa shape index (κ1) is 24.5. The van der Waals surface area contributed by atoms with Crippen LogP contribution in [0, 0.1) is 13.8 Å². The quantitative estimate of drug-likeness (QED) is 0.227. The van der Waals surface area contributed by atoms with Gasteiger partial charge in [-0.05, 0) is 73.0 Å². The molecule has 0 radical (unpaired) electrons. The van der Waals surface area contributed by atoms with Gasteiger partial charge in [-0.15, -0.1) is 0 Å². The molecule has 198 valence electrons. The maximum absolute atomic E-state index is 13.6. The van der Waals surface area contributed by atoms with E-state index in [4.69, 9.17) is 9.47 Å². The number of imidazole rings is 1. The number of aryl methyl sites for hydroxylation is 2. The number of ether oxygens (including phenoxy) is 2. The Morgan fingerprint density at radius 3 is 2.69 bits per heavy atom. The van der Waals surface area contributed by atoms with Crippen LogP contribution in [0.2, 0.25) is 0 Å². The molecule has 2 aliphatic rings. The monoisotopic (exact) mass is 524 g/mol. The number of nitrogens with one attached hydrogen (secondary N) is 1. The number of methoxy groups -OCH3 is 1. The number of hydrogen-bond acceptors (Lipinski definition) is 7. The van der Waals surface area contributed by atoms with Crippen molar-refractivity contribution in [2.45, 2.75) is 19.9 Å². The van der Waals surface area contributed by atoms with Crippen LogP contribution in [0.3, 0.4) is 0 Å². The van der Waals surface area contributed by atoms with Gasteiger partial charge in [-0.25, -0.2) is 4.98 Å². The maximum atomic E-state index is 13.6. The van der Waals surface area contributed by atoms with Gasteiger partial charge in [0.2, 0.25) is 5.95 Å². The van der Waals surface area contributed by atoms with Gasteiger partial charge in [-0.1, -0.05) is 12.1 Å². The predicted octanol–water partition coefficient (Wildman–Crippen LogP) is 4.64. The van der Waals surface area contributed by atoms with Crippen molar-refractivity contribution in [3.05, 3.63) is 82.4 Å². The number of nitrogens with zero attached hydrogens (tertiary/aromatic N) is 3. The topological polar surface area (TPSA) is 108 Å². The molecule has 1 atom stereocenters. The Bertz CT molecular complexity index is 1650. The summed E-state index contributed by atoms with van der Waals surface area (Å²) in [7, 11) is 3.48. The largest absolute Gasteiger partial charge is 0.507 e. The molecule has 9 nitrogen and oxygen atoms in total. The van der Waals surface area contributed by atoms with E-state index < -0.39 is 17.7 Å². The number of anilines is 2. The fraction of sp³-hybridized carbons (Fsp3) is 0.233. The Hall–Kier alpha value is -4.79. The summed E-state index contributed by atoms with van der Waals surface area (Å²) in [5, 5.41) is 11.6. The van der Waals surface area contributed by atoms with E-state index in [0.717, 1.165) is 22.3 Å². The molecule has 0 aliphatic carbocycles. The van der Waals surface area contributed by atoms with Crippen molar-refractivity contribution in [3.8, 4) is 11.5 Å². The van der Waals surface area contributed by atoms with Gasteiger partial charge in [0.15, 0.2) is 0 Å². The lowest BCUT2D eigenvalue weighted by atomic mass is 9.95. The number of hydrogen-bond donors (Lipinski definition) is 2. The van der Waals surface area contributed by atoms with Gasteiger partial charge in [-0.2, -0.15) is 0 Å². The molecule has 2 aliphatic heterocycles. The normalized spacial score (nSPS) is 18.4. The number of aliphatic hydroxyl groups excluding tert-OH is 1. The molecule has 3 aromatic carbocycles. The number of H-pyrrole nitrogens is 1. The number of benzene rings is 3. The minimum atomic E-state index is -0.937. The van der Waals surface area contributed by atoms with E-state index in [1.807, 2.05) is 37.9 Å². The summed E-state index contributed by atoms with van der Waals surface area (Å²) in [5.74, 6) is -0.374. The molecule has 39 heavy (non-hydrogen) atoms. The summed E-state index contributed by atoms with van der Waals surface area (Å²) in [4.78, 5) is 38.4. The maximum Gasteiger partial charge on any atom is 0.302 e. The number of likely N-dealkylation sites (N-methyl/N-ethyl adjacent to an activating group) is 1. The summed E-state index contributed by atoms with van der Waals surface area (Å²) >= 11 is 0. The van der Waals surface area contributed by atoms with E-state index in [2.05, 4.69) is 9.97 Å². The molecule has 0 spiro atoms. The van der Waals surface area contributed by atoms with E-state index in [1.54, 1.807) is 49.6 Å². The van der Waals surface area contributed by atoms with E-state index in [9.17, 15) is 14.7 Å². The lowest BCUT2D eigenvalue weighted by molar-refractivity contribution is -0.132. The number of aromatic amines is 1. The molecule has 6 rings (SSSR count). The van der Waals surface area contributed by atoms with E-state index in [-0.39, 0.29) is 17.3 Å². The molecule has 4 aromatic rings. The molecule has 9 heteroatoms. The van der Waals surface area contributed by atoms with Crippen molar-refractivity contribution in [1.82, 2.24) is 9.97 Å². The van der Waals surface area contributed by atoms with E-state index in [1.165, 1.54) is 4.90 Å². The number of amides is 1. The number of aliphatic hydroxyl groups is 1. The van der Waals surface area contributed by atoms with Crippen molar-refractivity contribution in [2.24, 2.45) is 0 Å². The Morgan fingerprint density at radius 1 is 1.10 bits per heavy atom. The molecule has 0 saturated carbocycles. The van der Waals surface area contributed by atoms with Gasteiger partial charge in [0, 0.05) is 12.6 Å². The molecule has 1 saturated heterocycles. The van der Waals surface area contributed by atoms with Crippen LogP contribution in [0.5, 0.6) is 11.5 Å².